The number of hydrogen-bond donors (Lipinski definition) is 1. The molecular weight excluding hydrogens is 297 g/mol. The summed E-state index contributed by atoms with van der Waals surface area (Å²) in [5, 5.41) is 10.1. The van der Waals surface area contributed by atoms with Gasteiger partial charge in [-0.3, -0.25) is 10.1 Å². The average Bonchev–Trinajstić information content (AvgIpc) is 2.95. The molecule has 3 aromatic rings. The van der Waals surface area contributed by atoms with E-state index in [-0.39, 0.29) is 11.6 Å². The first kappa shape index (κ1) is 14.9. The van der Waals surface area contributed by atoms with E-state index >= 15 is 0 Å². The minimum Gasteiger partial charge on any atom is -0.403 e. The SMILES string of the molecule is Cc1ccc(-c2nnc(NC(=O)c3ccccc3F)o2)c(C)c1. The van der Waals surface area contributed by atoms with Gasteiger partial charge >= 0.3 is 6.01 Å². The lowest BCUT2D eigenvalue weighted by atomic mass is 10.1. The Morgan fingerprint density at radius 1 is 1.13 bits per heavy atom. The molecule has 2 aromatic carbocycles. The molecule has 1 amide bonds. The zero-order chi connectivity index (χ0) is 16.4. The highest BCUT2D eigenvalue weighted by Gasteiger charge is 2.16. The maximum absolute atomic E-state index is 13.6. The first-order valence-electron chi connectivity index (χ1n) is 7.01. The van der Waals surface area contributed by atoms with E-state index in [0.29, 0.717) is 5.89 Å². The third kappa shape index (κ3) is 3.11. The molecule has 0 radical (unpaired) electrons. The summed E-state index contributed by atoms with van der Waals surface area (Å²) in [5.74, 6) is -0.954. The molecule has 0 aliphatic rings. The second-order valence-corrected chi connectivity index (χ2v) is 5.16. The van der Waals surface area contributed by atoms with E-state index in [9.17, 15) is 9.18 Å². The summed E-state index contributed by atoms with van der Waals surface area (Å²) in [5.41, 5.74) is 2.81. The van der Waals surface area contributed by atoms with Crippen molar-refractivity contribution >= 4 is 11.9 Å². The molecular formula is C17H14FN3O2. The molecule has 5 nitrogen and oxygen atoms in total. The molecule has 0 atom stereocenters. The highest BCUT2D eigenvalue weighted by molar-refractivity contribution is 6.03. The van der Waals surface area contributed by atoms with Crippen LogP contribution < -0.4 is 5.32 Å². The Kier molecular flexibility index (Phi) is 3.89. The van der Waals surface area contributed by atoms with Crippen molar-refractivity contribution in [1.29, 1.82) is 0 Å². The van der Waals surface area contributed by atoms with Crippen LogP contribution in [0.5, 0.6) is 0 Å². The number of amides is 1. The lowest BCUT2D eigenvalue weighted by Gasteiger charge is -2.02. The zero-order valence-electron chi connectivity index (χ0n) is 12.6. The molecule has 0 saturated heterocycles. The fraction of sp³-hybridized carbons (Fsp3) is 0.118. The molecule has 3 rings (SSSR count). The average molecular weight is 311 g/mol. The molecule has 116 valence electrons. The van der Waals surface area contributed by atoms with Gasteiger partial charge in [0.15, 0.2) is 0 Å². The van der Waals surface area contributed by atoms with Crippen molar-refractivity contribution in [2.45, 2.75) is 13.8 Å². The van der Waals surface area contributed by atoms with E-state index in [2.05, 4.69) is 15.5 Å². The largest absolute Gasteiger partial charge is 0.403 e. The summed E-state index contributed by atoms with van der Waals surface area (Å²) >= 11 is 0. The predicted molar refractivity (Wildman–Crippen MR) is 83.6 cm³/mol. The van der Waals surface area contributed by atoms with Crippen LogP contribution in [0.2, 0.25) is 0 Å². The number of nitrogens with zero attached hydrogens (tertiary/aromatic N) is 2. The normalized spacial score (nSPS) is 10.6. The number of aryl methyl sites for hydroxylation is 2. The van der Waals surface area contributed by atoms with Crippen molar-refractivity contribution in [3.63, 3.8) is 0 Å². The van der Waals surface area contributed by atoms with Gasteiger partial charge in [-0.1, -0.05) is 34.9 Å². The summed E-state index contributed by atoms with van der Waals surface area (Å²) in [6.45, 7) is 3.93. The van der Waals surface area contributed by atoms with E-state index in [4.69, 9.17) is 4.42 Å². The van der Waals surface area contributed by atoms with E-state index < -0.39 is 11.7 Å². The van der Waals surface area contributed by atoms with Crippen molar-refractivity contribution in [3.8, 4) is 11.5 Å². The molecule has 1 N–H and O–H groups in total. The molecule has 6 heteroatoms. The van der Waals surface area contributed by atoms with E-state index in [1.54, 1.807) is 6.07 Å². The second-order valence-electron chi connectivity index (χ2n) is 5.16. The van der Waals surface area contributed by atoms with Crippen LogP contribution in [0.4, 0.5) is 10.4 Å². The molecule has 0 spiro atoms. The van der Waals surface area contributed by atoms with Gasteiger partial charge in [0.1, 0.15) is 5.82 Å². The summed E-state index contributed by atoms with van der Waals surface area (Å²) in [4.78, 5) is 12.0. The van der Waals surface area contributed by atoms with Crippen molar-refractivity contribution in [2.24, 2.45) is 0 Å². The van der Waals surface area contributed by atoms with Crippen molar-refractivity contribution < 1.29 is 13.6 Å². The first-order chi connectivity index (χ1) is 11.0. The van der Waals surface area contributed by atoms with Gasteiger partial charge in [-0.05, 0) is 37.6 Å². The van der Waals surface area contributed by atoms with Gasteiger partial charge in [-0.2, -0.15) is 0 Å². The van der Waals surface area contributed by atoms with Gasteiger partial charge < -0.3 is 4.42 Å². The lowest BCUT2D eigenvalue weighted by Crippen LogP contribution is -2.13. The topological polar surface area (TPSA) is 68.0 Å². The number of carbonyl (C=O) groups excluding carboxylic acids is 1. The Morgan fingerprint density at radius 3 is 2.65 bits per heavy atom. The van der Waals surface area contributed by atoms with E-state index in [1.165, 1.54) is 18.2 Å². The summed E-state index contributed by atoms with van der Waals surface area (Å²) < 4.78 is 19.0. The molecule has 0 unspecified atom stereocenters. The summed E-state index contributed by atoms with van der Waals surface area (Å²) in [6.07, 6.45) is 0. The number of nitrogens with one attached hydrogen (secondary N) is 1. The van der Waals surface area contributed by atoms with Crippen LogP contribution in [0.25, 0.3) is 11.5 Å². The molecule has 0 aliphatic carbocycles. The fourth-order valence-electron chi connectivity index (χ4n) is 2.25. The molecule has 0 bridgehead atoms. The number of hydrogen-bond acceptors (Lipinski definition) is 4. The van der Waals surface area contributed by atoms with Gasteiger partial charge in [0.05, 0.1) is 5.56 Å². The summed E-state index contributed by atoms with van der Waals surface area (Å²) in [6, 6.07) is 11.4. The second kappa shape index (κ2) is 6.00. The van der Waals surface area contributed by atoms with Crippen LogP contribution >= 0.6 is 0 Å². The third-order valence-electron chi connectivity index (χ3n) is 3.38. The number of benzene rings is 2. The molecule has 1 aromatic heterocycles. The van der Waals surface area contributed by atoms with Crippen LogP contribution in [0.3, 0.4) is 0 Å². The Morgan fingerprint density at radius 2 is 1.91 bits per heavy atom. The Balaban J connectivity index is 1.82. The predicted octanol–water partition coefficient (Wildman–Crippen LogP) is 3.74. The van der Waals surface area contributed by atoms with Crippen molar-refractivity contribution in [2.75, 3.05) is 5.32 Å². The standard InChI is InChI=1S/C17H14FN3O2/c1-10-7-8-12(11(2)9-10)16-20-21-17(23-16)19-15(22)13-5-3-4-6-14(13)18/h3-9H,1-2H3,(H,19,21,22). The number of anilines is 1. The fourth-order valence-corrected chi connectivity index (χ4v) is 2.25. The summed E-state index contributed by atoms with van der Waals surface area (Å²) in [7, 11) is 0. The highest BCUT2D eigenvalue weighted by atomic mass is 19.1. The molecule has 0 fully saturated rings. The third-order valence-corrected chi connectivity index (χ3v) is 3.38. The number of rotatable bonds is 3. The number of halogens is 1. The van der Waals surface area contributed by atoms with Crippen molar-refractivity contribution in [3.05, 3.63) is 65.0 Å². The van der Waals surface area contributed by atoms with Crippen LogP contribution in [-0.2, 0) is 0 Å². The minimum absolute atomic E-state index is 0.0757. The Bertz CT molecular complexity index is 874. The molecule has 1 heterocycles. The Labute approximate surface area is 132 Å². The molecule has 23 heavy (non-hydrogen) atoms. The zero-order valence-corrected chi connectivity index (χ0v) is 12.6. The van der Waals surface area contributed by atoms with E-state index in [1.807, 2.05) is 32.0 Å². The van der Waals surface area contributed by atoms with E-state index in [0.717, 1.165) is 16.7 Å². The van der Waals surface area contributed by atoms with Gasteiger partial charge in [0.25, 0.3) is 5.91 Å². The Hall–Kier alpha value is -3.02. The van der Waals surface area contributed by atoms with Crippen LogP contribution in [0.15, 0.2) is 46.9 Å². The molecule has 0 aliphatic heterocycles. The minimum atomic E-state index is -0.640. The first-order valence-corrected chi connectivity index (χ1v) is 7.01. The number of aromatic nitrogens is 2. The van der Waals surface area contributed by atoms with Crippen LogP contribution in [0, 0.1) is 19.7 Å². The van der Waals surface area contributed by atoms with Gasteiger partial charge in [0, 0.05) is 5.56 Å². The lowest BCUT2D eigenvalue weighted by molar-refractivity contribution is 0.102. The number of carbonyl (C=O) groups is 1. The van der Waals surface area contributed by atoms with Crippen LogP contribution in [-0.4, -0.2) is 16.1 Å². The van der Waals surface area contributed by atoms with Gasteiger partial charge in [-0.25, -0.2) is 4.39 Å². The van der Waals surface area contributed by atoms with Crippen molar-refractivity contribution in [1.82, 2.24) is 10.2 Å². The maximum Gasteiger partial charge on any atom is 0.322 e. The van der Waals surface area contributed by atoms with Gasteiger partial charge in [0.2, 0.25) is 5.89 Å². The van der Waals surface area contributed by atoms with Crippen LogP contribution in [0.1, 0.15) is 21.5 Å². The highest BCUT2D eigenvalue weighted by Crippen LogP contribution is 2.24. The van der Waals surface area contributed by atoms with Gasteiger partial charge in [-0.15, -0.1) is 5.10 Å². The molecule has 0 saturated carbocycles. The smallest absolute Gasteiger partial charge is 0.322 e. The monoisotopic (exact) mass is 311 g/mol. The maximum atomic E-state index is 13.6. The quantitative estimate of drug-likeness (QED) is 0.800.